The fourth-order valence-electron chi connectivity index (χ4n) is 1.43. The summed E-state index contributed by atoms with van der Waals surface area (Å²) in [7, 11) is 0. The first kappa shape index (κ1) is 12.9. The lowest BCUT2D eigenvalue weighted by Gasteiger charge is -2.10. The lowest BCUT2D eigenvalue weighted by atomic mass is 10.1. The predicted octanol–water partition coefficient (Wildman–Crippen LogP) is 2.49. The van der Waals surface area contributed by atoms with Gasteiger partial charge in [0.2, 0.25) is 0 Å². The molecular formula is C14H21NO. The Hall–Kier alpha value is -1.15. The van der Waals surface area contributed by atoms with Crippen LogP contribution >= 0.6 is 0 Å². The van der Waals surface area contributed by atoms with E-state index in [-0.39, 0.29) is 5.78 Å². The molecule has 16 heavy (non-hydrogen) atoms. The molecule has 0 aromatic heterocycles. The van der Waals surface area contributed by atoms with Crippen molar-refractivity contribution in [2.45, 2.75) is 39.7 Å². The summed E-state index contributed by atoms with van der Waals surface area (Å²) in [5, 5.41) is 3.21. The highest BCUT2D eigenvalue weighted by molar-refractivity contribution is 5.82. The maximum absolute atomic E-state index is 11.7. The molecule has 0 fully saturated rings. The molecule has 0 bridgehead atoms. The lowest BCUT2D eigenvalue weighted by molar-refractivity contribution is -0.117. The molecule has 0 amide bonds. The van der Waals surface area contributed by atoms with Crippen molar-refractivity contribution in [2.24, 2.45) is 0 Å². The topological polar surface area (TPSA) is 29.1 Å². The quantitative estimate of drug-likeness (QED) is 0.796. The number of carbonyl (C=O) groups is 1. The fraction of sp³-hybridized carbons (Fsp3) is 0.500. The Balaban J connectivity index is 2.37. The van der Waals surface area contributed by atoms with Crippen LogP contribution < -0.4 is 5.32 Å². The van der Waals surface area contributed by atoms with Gasteiger partial charge < -0.3 is 5.32 Å². The molecule has 2 heteroatoms. The second-order valence-corrected chi connectivity index (χ2v) is 4.39. The molecular weight excluding hydrogens is 198 g/mol. The Kier molecular flexibility index (Phi) is 5.20. The van der Waals surface area contributed by atoms with Gasteiger partial charge in [-0.2, -0.15) is 0 Å². The highest BCUT2D eigenvalue weighted by Crippen LogP contribution is 2.04. The van der Waals surface area contributed by atoms with Crippen LogP contribution in [0.3, 0.4) is 0 Å². The monoisotopic (exact) mass is 219 g/mol. The van der Waals surface area contributed by atoms with Gasteiger partial charge in [0.1, 0.15) is 0 Å². The van der Waals surface area contributed by atoms with Crippen LogP contribution in [0.15, 0.2) is 24.3 Å². The van der Waals surface area contributed by atoms with E-state index in [1.807, 2.05) is 24.3 Å². The van der Waals surface area contributed by atoms with Gasteiger partial charge in [0.25, 0.3) is 0 Å². The zero-order valence-corrected chi connectivity index (χ0v) is 10.4. The van der Waals surface area contributed by atoms with Crippen molar-refractivity contribution in [3.05, 3.63) is 35.4 Å². The average Bonchev–Trinajstić information content (AvgIpc) is 2.29. The van der Waals surface area contributed by atoms with E-state index in [9.17, 15) is 4.79 Å². The van der Waals surface area contributed by atoms with Gasteiger partial charge in [-0.1, -0.05) is 36.8 Å². The molecule has 1 aromatic rings. The van der Waals surface area contributed by atoms with Gasteiger partial charge in [-0.05, 0) is 25.8 Å². The number of ketones is 1. The number of rotatable bonds is 6. The van der Waals surface area contributed by atoms with Gasteiger partial charge in [0.05, 0.1) is 6.54 Å². The van der Waals surface area contributed by atoms with Crippen molar-refractivity contribution in [2.75, 3.05) is 6.54 Å². The Bertz CT molecular complexity index is 329. The molecule has 0 heterocycles. The Labute approximate surface area is 98.1 Å². The van der Waals surface area contributed by atoms with E-state index in [4.69, 9.17) is 0 Å². The number of Topliss-reactive ketones (excluding diaryl/α,β-unsaturated/α-hetero) is 1. The lowest BCUT2D eigenvalue weighted by Crippen LogP contribution is -2.31. The van der Waals surface area contributed by atoms with Crippen molar-refractivity contribution in [3.63, 3.8) is 0 Å². The van der Waals surface area contributed by atoms with Crippen LogP contribution in [0.5, 0.6) is 0 Å². The third kappa shape index (κ3) is 4.58. The second-order valence-electron chi connectivity index (χ2n) is 4.39. The number of hydrogen-bond donors (Lipinski definition) is 1. The Morgan fingerprint density at radius 1 is 1.31 bits per heavy atom. The van der Waals surface area contributed by atoms with Crippen molar-refractivity contribution >= 4 is 5.78 Å². The first-order valence-electron chi connectivity index (χ1n) is 5.92. The number of carbonyl (C=O) groups excluding carboxylic acids is 1. The molecule has 0 aliphatic rings. The SMILES string of the molecule is CCC(C)NCC(=O)Cc1ccc(C)cc1. The van der Waals surface area contributed by atoms with Crippen molar-refractivity contribution in [1.29, 1.82) is 0 Å². The first-order valence-corrected chi connectivity index (χ1v) is 5.92. The fourth-order valence-corrected chi connectivity index (χ4v) is 1.43. The van der Waals surface area contributed by atoms with Crippen molar-refractivity contribution in [3.8, 4) is 0 Å². The summed E-state index contributed by atoms with van der Waals surface area (Å²) in [5.41, 5.74) is 2.33. The van der Waals surface area contributed by atoms with Gasteiger partial charge >= 0.3 is 0 Å². The van der Waals surface area contributed by atoms with Crippen LogP contribution in [0.25, 0.3) is 0 Å². The first-order chi connectivity index (χ1) is 7.61. The summed E-state index contributed by atoms with van der Waals surface area (Å²) >= 11 is 0. The van der Waals surface area contributed by atoms with Gasteiger partial charge in [-0.25, -0.2) is 0 Å². The highest BCUT2D eigenvalue weighted by atomic mass is 16.1. The van der Waals surface area contributed by atoms with Gasteiger partial charge in [0.15, 0.2) is 5.78 Å². The minimum atomic E-state index is 0.254. The third-order valence-electron chi connectivity index (χ3n) is 2.78. The van der Waals surface area contributed by atoms with E-state index in [0.29, 0.717) is 19.0 Å². The molecule has 0 saturated heterocycles. The van der Waals surface area contributed by atoms with Crippen LogP contribution in [-0.4, -0.2) is 18.4 Å². The molecule has 0 aliphatic heterocycles. The molecule has 1 aromatic carbocycles. The zero-order chi connectivity index (χ0) is 12.0. The summed E-state index contributed by atoms with van der Waals surface area (Å²) in [6.45, 7) is 6.74. The molecule has 1 N–H and O–H groups in total. The number of benzene rings is 1. The molecule has 1 atom stereocenters. The molecule has 0 spiro atoms. The zero-order valence-electron chi connectivity index (χ0n) is 10.4. The summed E-state index contributed by atoms with van der Waals surface area (Å²) < 4.78 is 0. The van der Waals surface area contributed by atoms with Crippen molar-refractivity contribution < 1.29 is 4.79 Å². The Morgan fingerprint density at radius 3 is 2.50 bits per heavy atom. The van der Waals surface area contributed by atoms with Gasteiger partial charge in [-0.3, -0.25) is 4.79 Å². The largest absolute Gasteiger partial charge is 0.307 e. The number of aryl methyl sites for hydroxylation is 1. The summed E-state index contributed by atoms with van der Waals surface area (Å²) in [4.78, 5) is 11.7. The summed E-state index contributed by atoms with van der Waals surface area (Å²) in [6.07, 6.45) is 1.58. The second kappa shape index (κ2) is 6.44. The van der Waals surface area contributed by atoms with Crippen LogP contribution in [0.1, 0.15) is 31.4 Å². The summed E-state index contributed by atoms with van der Waals surface area (Å²) in [5.74, 6) is 0.254. The smallest absolute Gasteiger partial charge is 0.150 e. The molecule has 2 nitrogen and oxygen atoms in total. The van der Waals surface area contributed by atoms with E-state index in [0.717, 1.165) is 12.0 Å². The highest BCUT2D eigenvalue weighted by Gasteiger charge is 2.05. The van der Waals surface area contributed by atoms with Crippen LogP contribution in [-0.2, 0) is 11.2 Å². The number of hydrogen-bond acceptors (Lipinski definition) is 2. The van der Waals surface area contributed by atoms with Gasteiger partial charge in [0, 0.05) is 12.5 Å². The summed E-state index contributed by atoms with van der Waals surface area (Å²) in [6, 6.07) is 8.56. The van der Waals surface area contributed by atoms with Crippen LogP contribution in [0.2, 0.25) is 0 Å². The molecule has 0 aliphatic carbocycles. The van der Waals surface area contributed by atoms with E-state index >= 15 is 0 Å². The average molecular weight is 219 g/mol. The standard InChI is InChI=1S/C14H21NO/c1-4-12(3)15-10-14(16)9-13-7-5-11(2)6-8-13/h5-8,12,15H,4,9-10H2,1-3H3. The maximum atomic E-state index is 11.7. The molecule has 0 saturated carbocycles. The van der Waals surface area contributed by atoms with Gasteiger partial charge in [-0.15, -0.1) is 0 Å². The van der Waals surface area contributed by atoms with Crippen LogP contribution in [0.4, 0.5) is 0 Å². The van der Waals surface area contributed by atoms with Crippen molar-refractivity contribution in [1.82, 2.24) is 5.32 Å². The minimum Gasteiger partial charge on any atom is -0.307 e. The maximum Gasteiger partial charge on any atom is 0.150 e. The van der Waals surface area contributed by atoms with Crippen LogP contribution in [0, 0.1) is 6.92 Å². The number of nitrogens with one attached hydrogen (secondary N) is 1. The Morgan fingerprint density at radius 2 is 1.94 bits per heavy atom. The molecule has 1 rings (SSSR count). The molecule has 88 valence electrons. The van der Waals surface area contributed by atoms with E-state index in [2.05, 4.69) is 26.1 Å². The predicted molar refractivity (Wildman–Crippen MR) is 67.6 cm³/mol. The molecule has 1 unspecified atom stereocenters. The normalized spacial score (nSPS) is 12.4. The van der Waals surface area contributed by atoms with E-state index in [1.165, 1.54) is 5.56 Å². The third-order valence-corrected chi connectivity index (χ3v) is 2.78. The van der Waals surface area contributed by atoms with E-state index in [1.54, 1.807) is 0 Å². The van der Waals surface area contributed by atoms with E-state index < -0.39 is 0 Å². The minimum absolute atomic E-state index is 0.254. The molecule has 0 radical (unpaired) electrons.